The predicted molar refractivity (Wildman–Crippen MR) is 113 cm³/mol. The molecule has 1 N–H and O–H groups in total. The van der Waals surface area contributed by atoms with E-state index in [0.29, 0.717) is 32.4 Å². The number of hydrogen-bond acceptors (Lipinski definition) is 2. The van der Waals surface area contributed by atoms with E-state index in [1.165, 1.54) is 12.1 Å². The zero-order chi connectivity index (χ0) is 21.0. The van der Waals surface area contributed by atoms with Gasteiger partial charge in [-0.15, -0.1) is 0 Å². The zero-order valence-corrected chi connectivity index (χ0v) is 17.4. The monoisotopic (exact) mass is 396 g/mol. The van der Waals surface area contributed by atoms with Crippen molar-refractivity contribution in [3.8, 4) is 11.1 Å². The van der Waals surface area contributed by atoms with Gasteiger partial charge < -0.3 is 10.2 Å². The minimum atomic E-state index is -0.577. The maximum Gasteiger partial charge on any atom is 0.226 e. The number of carbonyl (C=O) groups is 2. The zero-order valence-electron chi connectivity index (χ0n) is 17.4. The van der Waals surface area contributed by atoms with Crippen LogP contribution in [0.5, 0.6) is 0 Å². The summed E-state index contributed by atoms with van der Waals surface area (Å²) < 4.78 is 13.8. The molecule has 0 atom stereocenters. The minimum Gasteiger partial charge on any atom is -0.359 e. The van der Waals surface area contributed by atoms with Gasteiger partial charge in [0.25, 0.3) is 0 Å². The smallest absolute Gasteiger partial charge is 0.226 e. The van der Waals surface area contributed by atoms with E-state index in [2.05, 4.69) is 5.32 Å². The number of benzene rings is 2. The summed E-state index contributed by atoms with van der Waals surface area (Å²) in [4.78, 5) is 27.2. The summed E-state index contributed by atoms with van der Waals surface area (Å²) in [6.07, 6.45) is 1.79. The van der Waals surface area contributed by atoms with Gasteiger partial charge in [-0.25, -0.2) is 4.39 Å². The highest BCUT2D eigenvalue weighted by molar-refractivity contribution is 5.84. The van der Waals surface area contributed by atoms with Gasteiger partial charge in [0.05, 0.1) is 5.41 Å². The molecule has 2 aromatic carbocycles. The van der Waals surface area contributed by atoms with Gasteiger partial charge in [-0.1, -0.05) is 50.2 Å². The predicted octanol–water partition coefficient (Wildman–Crippen LogP) is 4.05. The number of rotatable bonds is 5. The molecule has 1 aliphatic rings. The van der Waals surface area contributed by atoms with Crippen LogP contribution in [0, 0.1) is 17.2 Å². The van der Waals surface area contributed by atoms with Crippen molar-refractivity contribution in [2.45, 2.75) is 33.1 Å². The summed E-state index contributed by atoms with van der Waals surface area (Å²) in [6.45, 7) is 4.95. The van der Waals surface area contributed by atoms with Gasteiger partial charge in [0, 0.05) is 26.1 Å². The Bertz CT molecular complexity index is 886. The molecular weight excluding hydrogens is 367 g/mol. The van der Waals surface area contributed by atoms with Crippen LogP contribution in [0.4, 0.5) is 4.39 Å². The summed E-state index contributed by atoms with van der Waals surface area (Å²) in [7, 11) is 1.66. The number of nitrogens with zero attached hydrogens (tertiary/aromatic N) is 1. The first-order chi connectivity index (χ1) is 13.9. The van der Waals surface area contributed by atoms with Gasteiger partial charge in [0.2, 0.25) is 11.8 Å². The van der Waals surface area contributed by atoms with Crippen molar-refractivity contribution in [2.75, 3.05) is 20.1 Å². The topological polar surface area (TPSA) is 49.4 Å². The third kappa shape index (κ3) is 4.50. The van der Waals surface area contributed by atoms with Crippen LogP contribution in [-0.4, -0.2) is 36.9 Å². The Morgan fingerprint density at radius 1 is 1.10 bits per heavy atom. The lowest BCUT2D eigenvalue weighted by Crippen LogP contribution is -2.51. The standard InChI is InChI=1S/C24H29FN2O2/c1-17(2)22(28)27-13-11-24(12-14-27,23(29)26-3)16-19-7-4-5-10-21(19)18-8-6-9-20(25)15-18/h4-10,15,17H,11-14,16H2,1-3H3,(H,26,29). The molecule has 3 rings (SSSR count). The van der Waals surface area contributed by atoms with Crippen LogP contribution in [0.3, 0.4) is 0 Å². The van der Waals surface area contributed by atoms with Crippen molar-refractivity contribution >= 4 is 11.8 Å². The number of carbonyl (C=O) groups excluding carboxylic acids is 2. The van der Waals surface area contributed by atoms with E-state index in [1.54, 1.807) is 13.1 Å². The van der Waals surface area contributed by atoms with Crippen LogP contribution in [0.15, 0.2) is 48.5 Å². The van der Waals surface area contributed by atoms with Crippen LogP contribution in [0.25, 0.3) is 11.1 Å². The second-order valence-corrected chi connectivity index (χ2v) is 8.18. The molecule has 0 unspecified atom stereocenters. The first-order valence-corrected chi connectivity index (χ1v) is 10.2. The van der Waals surface area contributed by atoms with Crippen LogP contribution >= 0.6 is 0 Å². The van der Waals surface area contributed by atoms with E-state index < -0.39 is 5.41 Å². The molecule has 0 radical (unpaired) electrons. The molecule has 1 fully saturated rings. The maximum absolute atomic E-state index is 13.8. The van der Waals surface area contributed by atoms with Crippen molar-refractivity contribution in [3.63, 3.8) is 0 Å². The first-order valence-electron chi connectivity index (χ1n) is 10.2. The molecule has 0 aromatic heterocycles. The normalized spacial score (nSPS) is 16.0. The van der Waals surface area contributed by atoms with E-state index in [0.717, 1.165) is 16.7 Å². The molecule has 29 heavy (non-hydrogen) atoms. The Morgan fingerprint density at radius 3 is 2.41 bits per heavy atom. The quantitative estimate of drug-likeness (QED) is 0.829. The van der Waals surface area contributed by atoms with Gasteiger partial charge in [-0.3, -0.25) is 9.59 Å². The highest BCUT2D eigenvalue weighted by Gasteiger charge is 2.42. The van der Waals surface area contributed by atoms with E-state index in [9.17, 15) is 14.0 Å². The number of amides is 2. The fourth-order valence-corrected chi connectivity index (χ4v) is 4.25. The van der Waals surface area contributed by atoms with Crippen molar-refractivity contribution < 1.29 is 14.0 Å². The highest BCUT2D eigenvalue weighted by Crippen LogP contribution is 2.38. The van der Waals surface area contributed by atoms with Crippen LogP contribution in [0.2, 0.25) is 0 Å². The number of piperidine rings is 1. The minimum absolute atomic E-state index is 0.00295. The summed E-state index contributed by atoms with van der Waals surface area (Å²) >= 11 is 0. The molecule has 0 spiro atoms. The van der Waals surface area contributed by atoms with Crippen molar-refractivity contribution in [3.05, 3.63) is 59.9 Å². The molecule has 154 valence electrons. The molecule has 4 nitrogen and oxygen atoms in total. The van der Waals surface area contributed by atoms with E-state index in [-0.39, 0.29) is 23.5 Å². The summed E-state index contributed by atoms with van der Waals surface area (Å²) in [6, 6.07) is 14.4. The lowest BCUT2D eigenvalue weighted by molar-refractivity contribution is -0.142. The second kappa shape index (κ2) is 8.76. The molecule has 1 aliphatic heterocycles. The SMILES string of the molecule is CNC(=O)C1(Cc2ccccc2-c2cccc(F)c2)CCN(C(=O)C(C)C)CC1. The van der Waals surface area contributed by atoms with Crippen LogP contribution < -0.4 is 5.32 Å². The third-order valence-corrected chi connectivity index (χ3v) is 5.92. The van der Waals surface area contributed by atoms with Gasteiger partial charge in [-0.05, 0) is 48.1 Å². The van der Waals surface area contributed by atoms with Crippen LogP contribution in [-0.2, 0) is 16.0 Å². The molecule has 2 aromatic rings. The molecule has 0 saturated carbocycles. The van der Waals surface area contributed by atoms with E-state index in [1.807, 2.05) is 49.1 Å². The van der Waals surface area contributed by atoms with Gasteiger partial charge in [0.1, 0.15) is 5.82 Å². The Morgan fingerprint density at radius 2 is 1.79 bits per heavy atom. The molecule has 2 amide bonds. The second-order valence-electron chi connectivity index (χ2n) is 8.18. The Balaban J connectivity index is 1.90. The van der Waals surface area contributed by atoms with Gasteiger partial charge >= 0.3 is 0 Å². The number of likely N-dealkylation sites (tertiary alicyclic amines) is 1. The largest absolute Gasteiger partial charge is 0.359 e. The number of hydrogen-bond donors (Lipinski definition) is 1. The lowest BCUT2D eigenvalue weighted by Gasteiger charge is -2.41. The van der Waals surface area contributed by atoms with Gasteiger partial charge in [-0.2, -0.15) is 0 Å². The van der Waals surface area contributed by atoms with E-state index in [4.69, 9.17) is 0 Å². The Labute approximate surface area is 172 Å². The molecule has 1 heterocycles. The van der Waals surface area contributed by atoms with Crippen molar-refractivity contribution in [1.82, 2.24) is 10.2 Å². The van der Waals surface area contributed by atoms with Crippen molar-refractivity contribution in [2.24, 2.45) is 11.3 Å². The fraction of sp³-hybridized carbons (Fsp3) is 0.417. The summed E-state index contributed by atoms with van der Waals surface area (Å²) in [5, 5.41) is 2.83. The van der Waals surface area contributed by atoms with E-state index >= 15 is 0 Å². The summed E-state index contributed by atoms with van der Waals surface area (Å²) in [5.74, 6) is -0.186. The lowest BCUT2D eigenvalue weighted by atomic mass is 9.72. The number of nitrogens with one attached hydrogen (secondary N) is 1. The molecule has 0 bridgehead atoms. The van der Waals surface area contributed by atoms with Gasteiger partial charge in [0.15, 0.2) is 0 Å². The Kier molecular flexibility index (Phi) is 6.36. The first kappa shape index (κ1) is 21.0. The van der Waals surface area contributed by atoms with Crippen molar-refractivity contribution in [1.29, 1.82) is 0 Å². The summed E-state index contributed by atoms with van der Waals surface area (Å²) in [5.41, 5.74) is 2.19. The molecule has 1 saturated heterocycles. The molecule has 0 aliphatic carbocycles. The average Bonchev–Trinajstić information content (AvgIpc) is 2.73. The molecular formula is C24H29FN2O2. The maximum atomic E-state index is 13.8. The molecule has 5 heteroatoms. The highest BCUT2D eigenvalue weighted by atomic mass is 19.1. The van der Waals surface area contributed by atoms with Crippen LogP contribution in [0.1, 0.15) is 32.3 Å². The number of halogens is 1. The Hall–Kier alpha value is -2.69. The fourth-order valence-electron chi connectivity index (χ4n) is 4.25. The third-order valence-electron chi connectivity index (χ3n) is 5.92. The average molecular weight is 397 g/mol.